The number of hydrazone groups is 1. The van der Waals surface area contributed by atoms with E-state index in [1.165, 1.54) is 0 Å². The van der Waals surface area contributed by atoms with Gasteiger partial charge >= 0.3 is 0 Å². The molecule has 0 heterocycles. The standard InChI is InChI=1S/C15H18N2/c1-4-9-14(10-5-2)13-16-17(3)15-11-7-6-8-12-15/h4-13H,1H2,2-3H3/b10-5-,14-9+,16-13-. The molecule has 0 radical (unpaired) electrons. The summed E-state index contributed by atoms with van der Waals surface area (Å²) in [5.74, 6) is 0. The van der Waals surface area contributed by atoms with Crippen LogP contribution >= 0.6 is 0 Å². The molecule has 0 saturated carbocycles. The van der Waals surface area contributed by atoms with Gasteiger partial charge in [0.1, 0.15) is 0 Å². The third-order valence-electron chi connectivity index (χ3n) is 2.18. The van der Waals surface area contributed by atoms with E-state index >= 15 is 0 Å². The number of benzene rings is 1. The highest BCUT2D eigenvalue weighted by Crippen LogP contribution is 2.10. The van der Waals surface area contributed by atoms with Crippen LogP contribution in [-0.4, -0.2) is 13.3 Å². The lowest BCUT2D eigenvalue weighted by Crippen LogP contribution is -2.08. The molecule has 0 bridgehead atoms. The van der Waals surface area contributed by atoms with Gasteiger partial charge in [0.25, 0.3) is 0 Å². The first-order valence-corrected chi connectivity index (χ1v) is 5.56. The number of allylic oxidation sites excluding steroid dienone is 5. The summed E-state index contributed by atoms with van der Waals surface area (Å²) in [6.07, 6.45) is 9.45. The molecule has 0 saturated heterocycles. The molecule has 0 amide bonds. The Bertz CT molecular complexity index is 427. The molecule has 0 aliphatic rings. The zero-order valence-corrected chi connectivity index (χ0v) is 10.4. The van der Waals surface area contributed by atoms with Crippen molar-refractivity contribution in [2.75, 3.05) is 12.1 Å². The van der Waals surface area contributed by atoms with E-state index in [0.717, 1.165) is 11.3 Å². The molecule has 0 aromatic heterocycles. The predicted octanol–water partition coefficient (Wildman–Crippen LogP) is 3.80. The van der Waals surface area contributed by atoms with Crippen molar-refractivity contribution in [2.45, 2.75) is 6.92 Å². The zero-order chi connectivity index (χ0) is 12.5. The van der Waals surface area contributed by atoms with Crippen LogP contribution in [0.3, 0.4) is 0 Å². The molecule has 1 aromatic carbocycles. The monoisotopic (exact) mass is 226 g/mol. The first-order chi connectivity index (χ1) is 8.27. The minimum Gasteiger partial charge on any atom is -0.269 e. The van der Waals surface area contributed by atoms with E-state index in [0.29, 0.717) is 0 Å². The number of anilines is 1. The summed E-state index contributed by atoms with van der Waals surface area (Å²) >= 11 is 0. The van der Waals surface area contributed by atoms with Crippen molar-refractivity contribution in [1.29, 1.82) is 0 Å². The van der Waals surface area contributed by atoms with Gasteiger partial charge < -0.3 is 0 Å². The Morgan fingerprint density at radius 2 is 2.00 bits per heavy atom. The number of nitrogens with zero attached hydrogens (tertiary/aromatic N) is 2. The van der Waals surface area contributed by atoms with Gasteiger partial charge in [0.05, 0.1) is 11.9 Å². The molecule has 17 heavy (non-hydrogen) atoms. The lowest BCUT2D eigenvalue weighted by molar-refractivity contribution is 1.02. The van der Waals surface area contributed by atoms with E-state index in [1.807, 2.05) is 73.8 Å². The molecule has 0 spiro atoms. The van der Waals surface area contributed by atoms with Crippen LogP contribution in [0.5, 0.6) is 0 Å². The molecule has 1 aromatic rings. The Hall–Kier alpha value is -2.09. The molecule has 0 atom stereocenters. The number of para-hydroxylation sites is 1. The summed E-state index contributed by atoms with van der Waals surface area (Å²) in [4.78, 5) is 0. The van der Waals surface area contributed by atoms with E-state index in [2.05, 4.69) is 11.7 Å². The largest absolute Gasteiger partial charge is 0.269 e. The first kappa shape index (κ1) is 13.0. The van der Waals surface area contributed by atoms with E-state index in [1.54, 1.807) is 6.08 Å². The summed E-state index contributed by atoms with van der Waals surface area (Å²) in [6, 6.07) is 10.0. The average molecular weight is 226 g/mol. The van der Waals surface area contributed by atoms with E-state index in [4.69, 9.17) is 0 Å². The lowest BCUT2D eigenvalue weighted by atomic mass is 10.2. The fourth-order valence-electron chi connectivity index (χ4n) is 1.33. The smallest absolute Gasteiger partial charge is 0.0590 e. The lowest BCUT2D eigenvalue weighted by Gasteiger charge is -2.12. The summed E-state index contributed by atoms with van der Waals surface area (Å²) in [6.45, 7) is 5.66. The molecule has 0 aliphatic heterocycles. The summed E-state index contributed by atoms with van der Waals surface area (Å²) in [7, 11) is 1.92. The molecule has 2 nitrogen and oxygen atoms in total. The van der Waals surface area contributed by atoms with Gasteiger partial charge in [-0.05, 0) is 24.6 Å². The summed E-state index contributed by atoms with van der Waals surface area (Å²) < 4.78 is 0. The van der Waals surface area contributed by atoms with Crippen LogP contribution in [0.15, 0.2) is 71.9 Å². The maximum Gasteiger partial charge on any atom is 0.0590 e. The van der Waals surface area contributed by atoms with E-state index in [9.17, 15) is 0 Å². The van der Waals surface area contributed by atoms with Gasteiger partial charge in [0.15, 0.2) is 0 Å². The van der Waals surface area contributed by atoms with Gasteiger partial charge in [0.2, 0.25) is 0 Å². The highest BCUT2D eigenvalue weighted by Gasteiger charge is 1.94. The van der Waals surface area contributed by atoms with Crippen molar-refractivity contribution >= 4 is 11.9 Å². The van der Waals surface area contributed by atoms with Crippen LogP contribution in [-0.2, 0) is 0 Å². The quantitative estimate of drug-likeness (QED) is 0.423. The predicted molar refractivity (Wildman–Crippen MR) is 76.4 cm³/mol. The van der Waals surface area contributed by atoms with E-state index < -0.39 is 0 Å². The van der Waals surface area contributed by atoms with Crippen LogP contribution < -0.4 is 5.01 Å². The number of hydrogen-bond acceptors (Lipinski definition) is 2. The number of hydrogen-bond donors (Lipinski definition) is 0. The molecular weight excluding hydrogens is 208 g/mol. The van der Waals surface area contributed by atoms with Crippen molar-refractivity contribution in [2.24, 2.45) is 5.10 Å². The maximum absolute atomic E-state index is 4.37. The average Bonchev–Trinajstić information content (AvgIpc) is 2.37. The second-order valence-corrected chi connectivity index (χ2v) is 3.51. The fraction of sp³-hybridized carbons (Fsp3) is 0.133. The van der Waals surface area contributed by atoms with Crippen molar-refractivity contribution < 1.29 is 0 Å². The Labute approximate surface area is 103 Å². The van der Waals surface area contributed by atoms with Crippen LogP contribution in [0.2, 0.25) is 0 Å². The van der Waals surface area contributed by atoms with Crippen molar-refractivity contribution in [3.05, 3.63) is 66.8 Å². The molecular formula is C15H18N2. The Kier molecular flexibility index (Phi) is 5.52. The molecule has 2 heteroatoms. The second kappa shape index (κ2) is 7.23. The SMILES string of the molecule is C=C/C=C(\C=C/C)/C=N\N(C)c1ccccc1. The van der Waals surface area contributed by atoms with Crippen LogP contribution in [0.1, 0.15) is 6.92 Å². The van der Waals surface area contributed by atoms with Crippen molar-refractivity contribution in [1.82, 2.24) is 0 Å². The first-order valence-electron chi connectivity index (χ1n) is 5.56. The fourth-order valence-corrected chi connectivity index (χ4v) is 1.33. The molecule has 88 valence electrons. The Morgan fingerprint density at radius 3 is 2.59 bits per heavy atom. The topological polar surface area (TPSA) is 15.6 Å². The van der Waals surface area contributed by atoms with Gasteiger partial charge in [-0.25, -0.2) is 0 Å². The minimum absolute atomic E-state index is 1.02. The Morgan fingerprint density at radius 1 is 1.29 bits per heavy atom. The molecule has 0 N–H and O–H groups in total. The van der Waals surface area contributed by atoms with Gasteiger partial charge in [-0.2, -0.15) is 5.10 Å². The second-order valence-electron chi connectivity index (χ2n) is 3.51. The molecule has 0 aliphatic carbocycles. The molecule has 0 fully saturated rings. The third kappa shape index (κ3) is 4.51. The van der Waals surface area contributed by atoms with Crippen LogP contribution in [0.25, 0.3) is 0 Å². The van der Waals surface area contributed by atoms with Crippen molar-refractivity contribution in [3.8, 4) is 0 Å². The number of rotatable bonds is 5. The van der Waals surface area contributed by atoms with Crippen LogP contribution in [0.4, 0.5) is 5.69 Å². The maximum atomic E-state index is 4.37. The normalized spacial score (nSPS) is 12.2. The van der Waals surface area contributed by atoms with Gasteiger partial charge in [-0.15, -0.1) is 0 Å². The van der Waals surface area contributed by atoms with Gasteiger partial charge in [0, 0.05) is 7.05 Å². The van der Waals surface area contributed by atoms with Gasteiger partial charge in [-0.1, -0.05) is 49.1 Å². The highest BCUT2D eigenvalue weighted by molar-refractivity contribution is 5.83. The highest BCUT2D eigenvalue weighted by atomic mass is 15.4. The van der Waals surface area contributed by atoms with Gasteiger partial charge in [-0.3, -0.25) is 5.01 Å². The summed E-state index contributed by atoms with van der Waals surface area (Å²) in [5.41, 5.74) is 2.08. The Balaban J connectivity index is 2.76. The molecule has 1 rings (SSSR count). The summed E-state index contributed by atoms with van der Waals surface area (Å²) in [5, 5.41) is 6.21. The van der Waals surface area contributed by atoms with Crippen LogP contribution in [0, 0.1) is 0 Å². The molecule has 0 unspecified atom stereocenters. The third-order valence-corrected chi connectivity index (χ3v) is 2.18. The minimum atomic E-state index is 1.02. The zero-order valence-electron chi connectivity index (χ0n) is 10.4. The van der Waals surface area contributed by atoms with E-state index in [-0.39, 0.29) is 0 Å². The van der Waals surface area contributed by atoms with Crippen molar-refractivity contribution in [3.63, 3.8) is 0 Å².